The largest absolute Gasteiger partial charge is 0.489 e. The Balaban J connectivity index is 1.40. The van der Waals surface area contributed by atoms with Crippen LogP contribution in [0.25, 0.3) is 0 Å². The molecule has 154 valence electrons. The molecule has 0 saturated carbocycles. The monoisotopic (exact) mass is 418 g/mol. The fourth-order valence-corrected chi connectivity index (χ4v) is 4.69. The number of amides is 2. The lowest BCUT2D eigenvalue weighted by atomic mass is 10.1. The summed E-state index contributed by atoms with van der Waals surface area (Å²) in [7, 11) is 0. The van der Waals surface area contributed by atoms with Crippen molar-refractivity contribution < 1.29 is 9.53 Å². The highest BCUT2D eigenvalue weighted by Crippen LogP contribution is 2.38. The Labute approximate surface area is 182 Å². The number of hydrogen-bond donors (Lipinski definition) is 1. The highest BCUT2D eigenvalue weighted by atomic mass is 32.2. The van der Waals surface area contributed by atoms with Gasteiger partial charge in [0.25, 0.3) is 0 Å². The molecule has 30 heavy (non-hydrogen) atoms. The number of thioether (sulfide) groups is 1. The maximum absolute atomic E-state index is 12.9. The second kappa shape index (κ2) is 9.26. The van der Waals surface area contributed by atoms with Crippen LogP contribution in [0.4, 0.5) is 10.5 Å². The van der Waals surface area contributed by atoms with Crippen molar-refractivity contribution in [2.24, 2.45) is 0 Å². The van der Waals surface area contributed by atoms with Gasteiger partial charge in [-0.15, -0.1) is 11.8 Å². The number of rotatable bonds is 5. The van der Waals surface area contributed by atoms with Crippen LogP contribution in [0.3, 0.4) is 0 Å². The average Bonchev–Trinajstić information content (AvgIpc) is 3.26. The van der Waals surface area contributed by atoms with Gasteiger partial charge in [-0.3, -0.25) is 0 Å². The third-order valence-electron chi connectivity index (χ3n) is 5.32. The van der Waals surface area contributed by atoms with Crippen LogP contribution in [0.15, 0.2) is 72.8 Å². The second-order valence-electron chi connectivity index (χ2n) is 7.49. The normalized spacial score (nSPS) is 15.8. The smallest absolute Gasteiger partial charge is 0.323 e. The molecule has 1 heterocycles. The first-order valence-corrected chi connectivity index (χ1v) is 11.2. The van der Waals surface area contributed by atoms with Gasteiger partial charge in [-0.25, -0.2) is 4.79 Å². The Bertz CT molecular complexity index is 1010. The van der Waals surface area contributed by atoms with E-state index in [1.165, 1.54) is 11.1 Å². The molecule has 4 nitrogen and oxygen atoms in total. The Morgan fingerprint density at radius 3 is 2.53 bits per heavy atom. The molecular weight excluding hydrogens is 392 g/mol. The van der Waals surface area contributed by atoms with Gasteiger partial charge in [-0.2, -0.15) is 0 Å². The van der Waals surface area contributed by atoms with Gasteiger partial charge in [0.15, 0.2) is 0 Å². The minimum atomic E-state index is -0.0577. The van der Waals surface area contributed by atoms with Crippen molar-refractivity contribution in [1.82, 2.24) is 4.90 Å². The van der Waals surface area contributed by atoms with Crippen molar-refractivity contribution in [2.75, 3.05) is 17.6 Å². The predicted octanol–water partition coefficient (Wildman–Crippen LogP) is 6.16. The maximum Gasteiger partial charge on any atom is 0.323 e. The van der Waals surface area contributed by atoms with E-state index in [1.54, 1.807) is 11.8 Å². The Kier molecular flexibility index (Phi) is 6.29. The first-order chi connectivity index (χ1) is 14.6. The molecule has 1 saturated heterocycles. The van der Waals surface area contributed by atoms with Gasteiger partial charge in [-0.1, -0.05) is 48.5 Å². The molecule has 5 heteroatoms. The number of benzene rings is 3. The van der Waals surface area contributed by atoms with E-state index in [4.69, 9.17) is 4.74 Å². The molecule has 3 aromatic rings. The Hall–Kier alpha value is -2.92. The number of urea groups is 1. The number of hydrogen-bond acceptors (Lipinski definition) is 3. The highest BCUT2D eigenvalue weighted by molar-refractivity contribution is 7.99. The topological polar surface area (TPSA) is 41.6 Å². The van der Waals surface area contributed by atoms with Crippen molar-refractivity contribution in [3.63, 3.8) is 0 Å². The van der Waals surface area contributed by atoms with Crippen LogP contribution in [0.1, 0.15) is 27.6 Å². The number of anilines is 1. The minimum absolute atomic E-state index is 0.0136. The fraction of sp³-hybridized carbons (Fsp3) is 0.240. The van der Waals surface area contributed by atoms with Gasteiger partial charge in [0.1, 0.15) is 17.7 Å². The van der Waals surface area contributed by atoms with Crippen LogP contribution < -0.4 is 10.1 Å². The van der Waals surface area contributed by atoms with E-state index in [0.717, 1.165) is 34.9 Å². The molecule has 0 spiro atoms. The van der Waals surface area contributed by atoms with E-state index in [-0.39, 0.29) is 11.4 Å². The molecule has 0 bridgehead atoms. The molecule has 0 radical (unpaired) electrons. The van der Waals surface area contributed by atoms with Crippen molar-refractivity contribution >= 4 is 23.5 Å². The van der Waals surface area contributed by atoms with Crippen LogP contribution in [-0.4, -0.2) is 23.2 Å². The quantitative estimate of drug-likeness (QED) is 0.539. The van der Waals surface area contributed by atoms with E-state index in [9.17, 15) is 4.79 Å². The van der Waals surface area contributed by atoms with E-state index >= 15 is 0 Å². The third kappa shape index (κ3) is 4.79. The molecule has 2 amide bonds. The molecule has 0 unspecified atom stereocenters. The van der Waals surface area contributed by atoms with Crippen molar-refractivity contribution in [3.05, 3.63) is 95.1 Å². The van der Waals surface area contributed by atoms with E-state index < -0.39 is 0 Å². The summed E-state index contributed by atoms with van der Waals surface area (Å²) in [6.45, 7) is 5.41. The standard InChI is InChI=1S/C25H26N2O2S/c1-18-8-11-22(16-19(18)2)26-25(28)27-14-15-30-24(27)21-9-12-23(13-10-21)29-17-20-6-4-3-5-7-20/h3-13,16,24H,14-15,17H2,1-2H3,(H,26,28)/t24-/m0/s1. The van der Waals surface area contributed by atoms with Crippen molar-refractivity contribution in [2.45, 2.75) is 25.8 Å². The number of carbonyl (C=O) groups excluding carboxylic acids is 1. The molecule has 0 aliphatic carbocycles. The molecule has 4 rings (SSSR count). The first kappa shape index (κ1) is 20.4. The SMILES string of the molecule is Cc1ccc(NC(=O)N2CCS[C@H]2c2ccc(OCc3ccccc3)cc2)cc1C. The Morgan fingerprint density at radius 1 is 1.03 bits per heavy atom. The summed E-state index contributed by atoms with van der Waals surface area (Å²) in [6, 6.07) is 24.2. The predicted molar refractivity (Wildman–Crippen MR) is 124 cm³/mol. The number of carbonyl (C=O) groups is 1. The van der Waals surface area contributed by atoms with Crippen molar-refractivity contribution in [1.29, 1.82) is 0 Å². The van der Waals surface area contributed by atoms with Gasteiger partial charge in [-0.05, 0) is 60.4 Å². The van der Waals surface area contributed by atoms with Gasteiger partial charge in [0, 0.05) is 18.0 Å². The molecular formula is C25H26N2O2S. The molecule has 1 aliphatic heterocycles. The lowest BCUT2D eigenvalue weighted by Gasteiger charge is -2.24. The lowest BCUT2D eigenvalue weighted by Crippen LogP contribution is -2.34. The zero-order chi connectivity index (χ0) is 20.9. The van der Waals surface area contributed by atoms with E-state index in [1.807, 2.05) is 53.4 Å². The summed E-state index contributed by atoms with van der Waals surface area (Å²) in [5.74, 6) is 1.76. The van der Waals surface area contributed by atoms with Crippen LogP contribution in [0.2, 0.25) is 0 Å². The molecule has 1 atom stereocenters. The number of nitrogens with zero attached hydrogens (tertiary/aromatic N) is 1. The molecule has 1 fully saturated rings. The van der Waals surface area contributed by atoms with E-state index in [0.29, 0.717) is 6.61 Å². The van der Waals surface area contributed by atoms with Gasteiger partial charge < -0.3 is 15.0 Å². The summed E-state index contributed by atoms with van der Waals surface area (Å²) in [5, 5.41) is 3.06. The van der Waals surface area contributed by atoms with Gasteiger partial charge >= 0.3 is 6.03 Å². The summed E-state index contributed by atoms with van der Waals surface area (Å²) in [4.78, 5) is 14.8. The highest BCUT2D eigenvalue weighted by Gasteiger charge is 2.30. The fourth-order valence-electron chi connectivity index (χ4n) is 3.44. The van der Waals surface area contributed by atoms with E-state index in [2.05, 4.69) is 43.4 Å². The average molecular weight is 419 g/mol. The molecule has 1 aliphatic rings. The zero-order valence-corrected chi connectivity index (χ0v) is 18.1. The van der Waals surface area contributed by atoms with Crippen LogP contribution >= 0.6 is 11.8 Å². The molecule has 3 aromatic carbocycles. The van der Waals surface area contributed by atoms with Crippen molar-refractivity contribution in [3.8, 4) is 5.75 Å². The first-order valence-electron chi connectivity index (χ1n) is 10.1. The zero-order valence-electron chi connectivity index (χ0n) is 17.3. The molecule has 1 N–H and O–H groups in total. The minimum Gasteiger partial charge on any atom is -0.489 e. The summed E-state index contributed by atoms with van der Waals surface area (Å²) >= 11 is 1.79. The van der Waals surface area contributed by atoms with Crippen LogP contribution in [0.5, 0.6) is 5.75 Å². The molecule has 0 aromatic heterocycles. The maximum atomic E-state index is 12.9. The second-order valence-corrected chi connectivity index (χ2v) is 8.68. The third-order valence-corrected chi connectivity index (χ3v) is 6.58. The number of ether oxygens (including phenoxy) is 1. The number of nitrogens with one attached hydrogen (secondary N) is 1. The summed E-state index contributed by atoms with van der Waals surface area (Å²) in [5.41, 5.74) is 5.48. The summed E-state index contributed by atoms with van der Waals surface area (Å²) < 4.78 is 5.88. The van der Waals surface area contributed by atoms with Gasteiger partial charge in [0.05, 0.1) is 0 Å². The summed E-state index contributed by atoms with van der Waals surface area (Å²) in [6.07, 6.45) is 0. The number of aryl methyl sites for hydroxylation is 2. The van der Waals surface area contributed by atoms with Crippen LogP contribution in [-0.2, 0) is 6.61 Å². The Morgan fingerprint density at radius 2 is 1.80 bits per heavy atom. The van der Waals surface area contributed by atoms with Crippen LogP contribution in [0, 0.1) is 13.8 Å². The van der Waals surface area contributed by atoms with Gasteiger partial charge in [0.2, 0.25) is 0 Å². The lowest BCUT2D eigenvalue weighted by molar-refractivity contribution is 0.214.